The van der Waals surface area contributed by atoms with E-state index in [4.69, 9.17) is 4.74 Å². The summed E-state index contributed by atoms with van der Waals surface area (Å²) in [6.07, 6.45) is 0.0445. The fraction of sp³-hybridized carbons (Fsp3) is 0.318. The number of hydrogen-bond donors (Lipinski definition) is 1. The molecule has 0 atom stereocenters. The Morgan fingerprint density at radius 2 is 1.55 bits per heavy atom. The van der Waals surface area contributed by atoms with Crippen LogP contribution < -0.4 is 10.1 Å². The topological polar surface area (TPSA) is 75.7 Å². The van der Waals surface area contributed by atoms with Gasteiger partial charge in [0.25, 0.3) is 15.9 Å². The lowest BCUT2D eigenvalue weighted by Gasteiger charge is -2.30. The Bertz CT molecular complexity index is 1030. The zero-order valence-electron chi connectivity index (χ0n) is 17.3. The van der Waals surface area contributed by atoms with Crippen LogP contribution in [-0.4, -0.2) is 30.3 Å². The van der Waals surface area contributed by atoms with Gasteiger partial charge in [-0.15, -0.1) is 0 Å². The van der Waals surface area contributed by atoms with E-state index in [1.165, 1.54) is 0 Å². The third kappa shape index (κ3) is 4.15. The average Bonchev–Trinajstić information content (AvgIpc) is 2.81. The first-order valence-electron chi connectivity index (χ1n) is 9.45. The summed E-state index contributed by atoms with van der Waals surface area (Å²) < 4.78 is 33.2. The molecule has 1 amide bonds. The predicted molar refractivity (Wildman–Crippen MR) is 115 cm³/mol. The van der Waals surface area contributed by atoms with Crippen LogP contribution in [0.5, 0.6) is 5.75 Å². The molecule has 6 nitrogen and oxygen atoms in total. The van der Waals surface area contributed by atoms with Crippen molar-refractivity contribution in [2.45, 2.75) is 46.3 Å². The molecule has 154 valence electrons. The van der Waals surface area contributed by atoms with Crippen molar-refractivity contribution in [1.29, 1.82) is 0 Å². The Morgan fingerprint density at radius 1 is 0.966 bits per heavy atom. The van der Waals surface area contributed by atoms with Crippen molar-refractivity contribution in [3.05, 3.63) is 65.9 Å². The lowest BCUT2D eigenvalue weighted by Crippen LogP contribution is -2.46. The Morgan fingerprint density at radius 3 is 2.07 bits per heavy atom. The molecule has 1 aliphatic heterocycles. The van der Waals surface area contributed by atoms with E-state index in [1.54, 1.807) is 75.4 Å². The number of carbonyl (C=O) groups is 1. The molecule has 0 fully saturated rings. The largest absolute Gasteiger partial charge is 0.491 e. The molecule has 29 heavy (non-hydrogen) atoms. The van der Waals surface area contributed by atoms with Crippen LogP contribution in [-0.2, 0) is 14.8 Å². The van der Waals surface area contributed by atoms with Crippen molar-refractivity contribution in [3.8, 4) is 5.75 Å². The second-order valence-corrected chi connectivity index (χ2v) is 9.86. The fourth-order valence-corrected chi connectivity index (χ4v) is 5.26. The highest BCUT2D eigenvalue weighted by molar-refractivity contribution is 7.99. The van der Waals surface area contributed by atoms with Crippen molar-refractivity contribution in [2.24, 2.45) is 0 Å². The Balaban J connectivity index is 2.08. The molecule has 1 N–H and O–H groups in total. The molecule has 2 aromatic rings. The summed E-state index contributed by atoms with van der Waals surface area (Å²) in [5.74, 6) is 0.128. The lowest BCUT2D eigenvalue weighted by molar-refractivity contribution is -0.124. The summed E-state index contributed by atoms with van der Waals surface area (Å²) in [7, 11) is -4.00. The molecule has 0 saturated heterocycles. The van der Waals surface area contributed by atoms with Gasteiger partial charge in [0.2, 0.25) is 0 Å². The van der Waals surface area contributed by atoms with Gasteiger partial charge in [-0.1, -0.05) is 30.3 Å². The first-order valence-corrected chi connectivity index (χ1v) is 10.9. The summed E-state index contributed by atoms with van der Waals surface area (Å²) in [5.41, 5.74) is 0.219. The second-order valence-electron chi connectivity index (χ2n) is 8.13. The number of sulfonamides is 1. The zero-order valence-corrected chi connectivity index (χ0v) is 18.1. The molecule has 0 unspecified atom stereocenters. The van der Waals surface area contributed by atoms with E-state index in [9.17, 15) is 13.2 Å². The van der Waals surface area contributed by atoms with Crippen molar-refractivity contribution in [2.75, 3.05) is 5.32 Å². The Kier molecular flexibility index (Phi) is 5.45. The van der Waals surface area contributed by atoms with Gasteiger partial charge < -0.3 is 10.1 Å². The lowest BCUT2D eigenvalue weighted by atomic mass is 10.1. The van der Waals surface area contributed by atoms with Crippen LogP contribution in [0.3, 0.4) is 0 Å². The van der Waals surface area contributed by atoms with Gasteiger partial charge in [-0.2, -0.15) is 0 Å². The van der Waals surface area contributed by atoms with Crippen LogP contribution in [0.2, 0.25) is 0 Å². The smallest absolute Gasteiger partial charge is 0.285 e. The van der Waals surface area contributed by atoms with Crippen LogP contribution in [0.1, 0.15) is 40.2 Å². The van der Waals surface area contributed by atoms with Gasteiger partial charge in [0.15, 0.2) is 0 Å². The summed E-state index contributed by atoms with van der Waals surface area (Å²) >= 11 is 0. The summed E-state index contributed by atoms with van der Waals surface area (Å²) in [6.45, 7) is 8.97. The maximum Gasteiger partial charge on any atom is 0.285 e. The number of benzene rings is 2. The van der Waals surface area contributed by atoms with Gasteiger partial charge >= 0.3 is 0 Å². The van der Waals surface area contributed by atoms with E-state index in [1.807, 2.05) is 13.8 Å². The van der Waals surface area contributed by atoms with Gasteiger partial charge in [0.1, 0.15) is 16.4 Å². The predicted octanol–water partition coefficient (Wildman–Crippen LogP) is 4.23. The molecule has 0 aromatic heterocycles. The number of hydrogen-bond acceptors (Lipinski definition) is 5. The van der Waals surface area contributed by atoms with Crippen molar-refractivity contribution in [1.82, 2.24) is 4.31 Å². The highest BCUT2D eigenvalue weighted by Crippen LogP contribution is 2.40. The number of anilines is 1. The zero-order chi connectivity index (χ0) is 21.4. The minimum Gasteiger partial charge on any atom is -0.491 e. The molecule has 0 spiro atoms. The number of carbonyl (C=O) groups excluding carboxylic acids is 1. The van der Waals surface area contributed by atoms with Gasteiger partial charge in [-0.05, 0) is 64.4 Å². The summed E-state index contributed by atoms with van der Waals surface area (Å²) in [4.78, 5) is 13.2. The van der Waals surface area contributed by atoms with Crippen LogP contribution in [0.4, 0.5) is 5.69 Å². The van der Waals surface area contributed by atoms with Crippen LogP contribution in [0, 0.1) is 0 Å². The van der Waals surface area contributed by atoms with Gasteiger partial charge in [-0.25, -0.2) is 12.7 Å². The third-order valence-corrected chi connectivity index (χ3v) is 6.41. The molecule has 0 bridgehead atoms. The standard InChI is InChI=1S/C22H26N2O4S/c1-15(2)28-18-13-11-17(12-14-18)23-19-20(16-9-7-6-8-10-16)29(26,27)24(21(19)25)22(3,4)5/h6-15,23H,1-5H3. The quantitative estimate of drug-likeness (QED) is 0.793. The van der Waals surface area contributed by atoms with Crippen LogP contribution in [0.25, 0.3) is 4.91 Å². The molecule has 0 saturated carbocycles. The number of nitrogens with one attached hydrogen (secondary N) is 1. The first kappa shape index (κ1) is 20.9. The van der Waals surface area contributed by atoms with Gasteiger partial charge in [-0.3, -0.25) is 4.79 Å². The summed E-state index contributed by atoms with van der Waals surface area (Å²) in [5, 5.41) is 3.03. The van der Waals surface area contributed by atoms with Gasteiger partial charge in [0.05, 0.1) is 11.6 Å². The minimum absolute atomic E-state index is 0.0134. The first-order chi connectivity index (χ1) is 13.5. The fourth-order valence-electron chi connectivity index (χ4n) is 3.22. The molecule has 7 heteroatoms. The molecule has 1 aliphatic rings. The van der Waals surface area contributed by atoms with Crippen molar-refractivity contribution < 1.29 is 17.9 Å². The third-order valence-electron chi connectivity index (χ3n) is 4.26. The molecular weight excluding hydrogens is 388 g/mol. The highest BCUT2D eigenvalue weighted by Gasteiger charge is 2.49. The number of nitrogens with zero attached hydrogens (tertiary/aromatic N) is 1. The monoisotopic (exact) mass is 414 g/mol. The summed E-state index contributed by atoms with van der Waals surface area (Å²) in [6, 6.07) is 15.7. The molecular formula is C22H26N2O4S. The van der Waals surface area contributed by atoms with E-state index >= 15 is 0 Å². The molecule has 3 rings (SSSR count). The van der Waals surface area contributed by atoms with Crippen molar-refractivity contribution in [3.63, 3.8) is 0 Å². The second kappa shape index (κ2) is 7.55. The van der Waals surface area contributed by atoms with E-state index in [0.29, 0.717) is 17.0 Å². The maximum atomic E-state index is 13.3. The highest BCUT2D eigenvalue weighted by atomic mass is 32.2. The van der Waals surface area contributed by atoms with E-state index in [-0.39, 0.29) is 16.7 Å². The van der Waals surface area contributed by atoms with Crippen LogP contribution >= 0.6 is 0 Å². The SMILES string of the molecule is CC(C)Oc1ccc(NC2=C(c3ccccc3)S(=O)(=O)N(C(C)(C)C)C2=O)cc1. The molecule has 0 radical (unpaired) electrons. The number of ether oxygens (including phenoxy) is 1. The van der Waals surface area contributed by atoms with E-state index < -0.39 is 21.5 Å². The molecule has 1 heterocycles. The number of rotatable bonds is 5. The number of amides is 1. The normalized spacial score (nSPS) is 16.5. The Labute approximate surface area is 172 Å². The molecule has 2 aromatic carbocycles. The maximum absolute atomic E-state index is 13.3. The van der Waals surface area contributed by atoms with Crippen LogP contribution in [0.15, 0.2) is 60.3 Å². The van der Waals surface area contributed by atoms with Crippen molar-refractivity contribution >= 4 is 26.5 Å². The molecule has 0 aliphatic carbocycles. The Hall–Kier alpha value is -2.80. The van der Waals surface area contributed by atoms with E-state index in [0.717, 1.165) is 4.31 Å². The minimum atomic E-state index is -4.00. The average molecular weight is 415 g/mol. The van der Waals surface area contributed by atoms with E-state index in [2.05, 4.69) is 5.32 Å². The van der Waals surface area contributed by atoms with Gasteiger partial charge in [0, 0.05) is 5.69 Å².